The molecule has 32 heavy (non-hydrogen) atoms. The molecule has 0 saturated carbocycles. The average Bonchev–Trinajstić information content (AvgIpc) is 2.74. The van der Waals surface area contributed by atoms with Gasteiger partial charge in [-0.1, -0.05) is 48.3 Å². The maximum atomic E-state index is 13.1. The zero-order valence-electron chi connectivity index (χ0n) is 17.7. The van der Waals surface area contributed by atoms with E-state index in [0.29, 0.717) is 22.9 Å². The lowest BCUT2D eigenvalue weighted by molar-refractivity contribution is 0.102. The number of hydrogen-bond acceptors (Lipinski definition) is 4. The number of halogens is 2. The number of benzene rings is 3. The molecule has 1 amide bonds. The molecule has 9 heteroatoms. The van der Waals surface area contributed by atoms with Gasteiger partial charge in [0.2, 0.25) is 0 Å². The standard InChI is InChI=1S/C23H22Cl2N2O4S/c1-4-15-7-5-6-14(2)22(15)27-32(29,30)17-9-11-21(31-3)20(13-17)26-23(28)18-10-8-16(24)12-19(18)25/h5-13,27H,4H2,1-3H3,(H,26,28). The van der Waals surface area contributed by atoms with E-state index in [0.717, 1.165) is 11.1 Å². The van der Waals surface area contributed by atoms with Crippen LogP contribution in [0.2, 0.25) is 10.0 Å². The summed E-state index contributed by atoms with van der Waals surface area (Å²) in [5.41, 5.74) is 2.62. The number of aryl methyl sites for hydroxylation is 2. The Morgan fingerprint density at radius 2 is 1.81 bits per heavy atom. The van der Waals surface area contributed by atoms with E-state index in [9.17, 15) is 13.2 Å². The molecule has 0 spiro atoms. The summed E-state index contributed by atoms with van der Waals surface area (Å²) in [5.74, 6) is -0.229. The fraction of sp³-hybridized carbons (Fsp3) is 0.174. The molecule has 3 aromatic carbocycles. The van der Waals surface area contributed by atoms with E-state index >= 15 is 0 Å². The maximum Gasteiger partial charge on any atom is 0.261 e. The van der Waals surface area contributed by atoms with Crippen LogP contribution in [0.3, 0.4) is 0 Å². The largest absolute Gasteiger partial charge is 0.495 e. The molecular weight excluding hydrogens is 471 g/mol. The third-order valence-corrected chi connectivity index (χ3v) is 6.78. The van der Waals surface area contributed by atoms with Crippen LogP contribution in [0, 0.1) is 6.92 Å². The molecule has 6 nitrogen and oxygen atoms in total. The second-order valence-electron chi connectivity index (χ2n) is 7.01. The minimum Gasteiger partial charge on any atom is -0.495 e. The first-order valence-corrected chi connectivity index (χ1v) is 12.0. The van der Waals surface area contributed by atoms with Crippen LogP contribution in [0.25, 0.3) is 0 Å². The first-order chi connectivity index (χ1) is 15.2. The Kier molecular flexibility index (Phi) is 7.33. The molecule has 0 aromatic heterocycles. The van der Waals surface area contributed by atoms with Crippen molar-refractivity contribution in [3.63, 3.8) is 0 Å². The second-order valence-corrected chi connectivity index (χ2v) is 9.53. The number of ether oxygens (including phenoxy) is 1. The summed E-state index contributed by atoms with van der Waals surface area (Å²) in [6.07, 6.45) is 0.672. The average molecular weight is 493 g/mol. The first-order valence-electron chi connectivity index (χ1n) is 9.72. The number of methoxy groups -OCH3 is 1. The van der Waals surface area contributed by atoms with E-state index in [1.54, 1.807) is 0 Å². The summed E-state index contributed by atoms with van der Waals surface area (Å²) < 4.78 is 34.2. The summed E-state index contributed by atoms with van der Waals surface area (Å²) in [6.45, 7) is 3.79. The van der Waals surface area contributed by atoms with E-state index in [2.05, 4.69) is 10.0 Å². The van der Waals surface area contributed by atoms with Crippen LogP contribution >= 0.6 is 23.2 Å². The second kappa shape index (κ2) is 9.81. The molecular formula is C23H22Cl2N2O4S. The fourth-order valence-corrected chi connectivity index (χ4v) is 4.87. The fourth-order valence-electron chi connectivity index (χ4n) is 3.18. The molecule has 0 saturated heterocycles. The smallest absolute Gasteiger partial charge is 0.261 e. The minimum absolute atomic E-state index is 0.0268. The molecule has 0 fully saturated rings. The number of hydrogen-bond donors (Lipinski definition) is 2. The van der Waals surface area contributed by atoms with E-state index < -0.39 is 15.9 Å². The lowest BCUT2D eigenvalue weighted by atomic mass is 10.1. The third-order valence-electron chi connectivity index (χ3n) is 4.88. The van der Waals surface area contributed by atoms with Gasteiger partial charge in [0, 0.05) is 5.02 Å². The highest BCUT2D eigenvalue weighted by molar-refractivity contribution is 7.92. The summed E-state index contributed by atoms with van der Waals surface area (Å²) in [4.78, 5) is 12.7. The van der Waals surface area contributed by atoms with Crippen LogP contribution < -0.4 is 14.8 Å². The molecule has 3 rings (SSSR count). The van der Waals surface area contributed by atoms with Gasteiger partial charge in [0.05, 0.1) is 34.0 Å². The molecule has 0 radical (unpaired) electrons. The van der Waals surface area contributed by atoms with Crippen molar-refractivity contribution in [2.24, 2.45) is 0 Å². The van der Waals surface area contributed by atoms with Crippen LogP contribution in [-0.4, -0.2) is 21.4 Å². The quantitative estimate of drug-likeness (QED) is 0.428. The van der Waals surface area contributed by atoms with Crippen LogP contribution in [0.5, 0.6) is 5.75 Å². The van der Waals surface area contributed by atoms with E-state index in [4.69, 9.17) is 27.9 Å². The van der Waals surface area contributed by atoms with Crippen molar-refractivity contribution >= 4 is 50.5 Å². The van der Waals surface area contributed by atoms with Gasteiger partial charge in [0.15, 0.2) is 0 Å². The van der Waals surface area contributed by atoms with E-state index in [1.807, 2.05) is 32.0 Å². The molecule has 3 aromatic rings. The van der Waals surface area contributed by atoms with Crippen molar-refractivity contribution in [1.82, 2.24) is 0 Å². The minimum atomic E-state index is -3.93. The molecule has 0 aliphatic heterocycles. The highest BCUT2D eigenvalue weighted by Crippen LogP contribution is 2.31. The molecule has 168 valence electrons. The Morgan fingerprint density at radius 3 is 2.47 bits per heavy atom. The Bertz CT molecular complexity index is 1280. The summed E-state index contributed by atoms with van der Waals surface area (Å²) in [5, 5.41) is 3.23. The van der Waals surface area contributed by atoms with Gasteiger partial charge in [0.25, 0.3) is 15.9 Å². The summed E-state index contributed by atoms with van der Waals surface area (Å²) in [6, 6.07) is 14.3. The topological polar surface area (TPSA) is 84.5 Å². The zero-order valence-corrected chi connectivity index (χ0v) is 20.0. The number of carbonyl (C=O) groups excluding carboxylic acids is 1. The third kappa shape index (κ3) is 5.18. The zero-order chi connectivity index (χ0) is 23.5. The molecule has 0 heterocycles. The van der Waals surface area contributed by atoms with E-state index in [1.165, 1.54) is 43.5 Å². The van der Waals surface area contributed by atoms with Crippen molar-refractivity contribution in [3.8, 4) is 5.75 Å². The van der Waals surface area contributed by atoms with Crippen molar-refractivity contribution in [3.05, 3.63) is 81.3 Å². The summed E-state index contributed by atoms with van der Waals surface area (Å²) >= 11 is 12.0. The van der Waals surface area contributed by atoms with Crippen LogP contribution in [-0.2, 0) is 16.4 Å². The molecule has 0 bridgehead atoms. The Hall–Kier alpha value is -2.74. The van der Waals surface area contributed by atoms with Crippen LogP contribution in [0.4, 0.5) is 11.4 Å². The van der Waals surface area contributed by atoms with Gasteiger partial charge < -0.3 is 10.1 Å². The normalized spacial score (nSPS) is 11.2. The van der Waals surface area contributed by atoms with E-state index in [-0.39, 0.29) is 21.2 Å². The monoisotopic (exact) mass is 492 g/mol. The number of nitrogens with one attached hydrogen (secondary N) is 2. The van der Waals surface area contributed by atoms with Crippen LogP contribution in [0.1, 0.15) is 28.4 Å². The van der Waals surface area contributed by atoms with Gasteiger partial charge in [-0.3, -0.25) is 9.52 Å². The molecule has 0 atom stereocenters. The number of anilines is 2. The van der Waals surface area contributed by atoms with Gasteiger partial charge in [-0.2, -0.15) is 0 Å². The number of carbonyl (C=O) groups is 1. The van der Waals surface area contributed by atoms with Crippen molar-refractivity contribution < 1.29 is 17.9 Å². The van der Waals surface area contributed by atoms with Crippen molar-refractivity contribution in [2.75, 3.05) is 17.1 Å². The first kappa shape index (κ1) is 23.9. The lowest BCUT2D eigenvalue weighted by Gasteiger charge is -2.16. The summed E-state index contributed by atoms with van der Waals surface area (Å²) in [7, 11) is -2.51. The van der Waals surface area contributed by atoms with Crippen molar-refractivity contribution in [2.45, 2.75) is 25.2 Å². The number of para-hydroxylation sites is 1. The van der Waals surface area contributed by atoms with Gasteiger partial charge in [-0.05, 0) is 60.9 Å². The Labute approximate surface area is 197 Å². The molecule has 0 aliphatic rings. The molecule has 0 unspecified atom stereocenters. The number of amides is 1. The number of rotatable bonds is 7. The van der Waals surface area contributed by atoms with Crippen LogP contribution in [0.15, 0.2) is 59.5 Å². The highest BCUT2D eigenvalue weighted by atomic mass is 35.5. The van der Waals surface area contributed by atoms with Gasteiger partial charge in [-0.25, -0.2) is 8.42 Å². The lowest BCUT2D eigenvalue weighted by Crippen LogP contribution is -2.17. The highest BCUT2D eigenvalue weighted by Gasteiger charge is 2.21. The van der Waals surface area contributed by atoms with Crippen molar-refractivity contribution in [1.29, 1.82) is 0 Å². The van der Waals surface area contributed by atoms with Gasteiger partial charge in [0.1, 0.15) is 5.75 Å². The van der Waals surface area contributed by atoms with Gasteiger partial charge >= 0.3 is 0 Å². The Balaban J connectivity index is 1.96. The predicted molar refractivity (Wildman–Crippen MR) is 129 cm³/mol. The maximum absolute atomic E-state index is 13.1. The number of sulfonamides is 1. The predicted octanol–water partition coefficient (Wildman–Crippen LogP) is 5.93. The molecule has 0 aliphatic carbocycles. The molecule has 2 N–H and O–H groups in total. The van der Waals surface area contributed by atoms with Gasteiger partial charge in [-0.15, -0.1) is 0 Å². The Morgan fingerprint density at radius 1 is 1.06 bits per heavy atom. The SMILES string of the molecule is CCc1cccc(C)c1NS(=O)(=O)c1ccc(OC)c(NC(=O)c2ccc(Cl)cc2Cl)c1.